The minimum absolute atomic E-state index is 0.0281. The standard InChI is InChI=1S/C19H15N5O4S/c1-23(12-6-8-13(9-7-12)24(26)27)17(25)11-29-19-22-21-18(28-19)15-10-20-16-5-3-2-4-14(15)16/h2-10,20H,11H2,1H3. The second kappa shape index (κ2) is 7.76. The van der Waals surface area contributed by atoms with Crippen molar-refractivity contribution in [2.45, 2.75) is 5.22 Å². The number of aromatic nitrogens is 3. The number of thioether (sulfide) groups is 1. The van der Waals surface area contributed by atoms with Crippen LogP contribution in [0.1, 0.15) is 0 Å². The Bertz CT molecular complexity index is 1180. The molecule has 146 valence electrons. The van der Waals surface area contributed by atoms with Gasteiger partial charge in [0.25, 0.3) is 16.8 Å². The van der Waals surface area contributed by atoms with Crippen molar-refractivity contribution >= 4 is 39.9 Å². The van der Waals surface area contributed by atoms with Crippen LogP contribution >= 0.6 is 11.8 Å². The summed E-state index contributed by atoms with van der Waals surface area (Å²) in [5, 5.41) is 20.1. The first-order valence-electron chi connectivity index (χ1n) is 8.57. The molecule has 4 aromatic rings. The number of hydrogen-bond acceptors (Lipinski definition) is 7. The fourth-order valence-electron chi connectivity index (χ4n) is 2.79. The summed E-state index contributed by atoms with van der Waals surface area (Å²) in [5.74, 6) is 0.264. The Morgan fingerprint density at radius 2 is 1.97 bits per heavy atom. The van der Waals surface area contributed by atoms with Gasteiger partial charge in [0.05, 0.1) is 16.2 Å². The number of carbonyl (C=O) groups is 1. The van der Waals surface area contributed by atoms with E-state index >= 15 is 0 Å². The van der Waals surface area contributed by atoms with E-state index in [1.54, 1.807) is 13.2 Å². The zero-order valence-corrected chi connectivity index (χ0v) is 16.0. The van der Waals surface area contributed by atoms with Crippen molar-refractivity contribution in [3.8, 4) is 11.5 Å². The smallest absolute Gasteiger partial charge is 0.277 e. The predicted octanol–water partition coefficient (Wildman–Crippen LogP) is 3.88. The Labute approximate surface area is 168 Å². The summed E-state index contributed by atoms with van der Waals surface area (Å²) in [7, 11) is 1.61. The van der Waals surface area contributed by atoms with E-state index in [0.717, 1.165) is 28.2 Å². The van der Waals surface area contributed by atoms with E-state index in [4.69, 9.17) is 4.42 Å². The highest BCUT2D eigenvalue weighted by Gasteiger charge is 2.17. The van der Waals surface area contributed by atoms with Crippen molar-refractivity contribution in [3.05, 3.63) is 64.8 Å². The molecule has 0 unspecified atom stereocenters. The molecule has 0 saturated carbocycles. The minimum Gasteiger partial charge on any atom is -0.411 e. The first-order chi connectivity index (χ1) is 14.0. The zero-order valence-electron chi connectivity index (χ0n) is 15.2. The third-order valence-corrected chi connectivity index (χ3v) is 5.17. The van der Waals surface area contributed by atoms with Crippen LogP contribution in [0.5, 0.6) is 0 Å². The summed E-state index contributed by atoms with van der Waals surface area (Å²) in [6, 6.07) is 13.6. The number of rotatable bonds is 6. The van der Waals surface area contributed by atoms with Crippen LogP contribution in [0.2, 0.25) is 0 Å². The van der Waals surface area contributed by atoms with Crippen molar-refractivity contribution in [3.63, 3.8) is 0 Å². The van der Waals surface area contributed by atoms with E-state index in [2.05, 4.69) is 15.2 Å². The second-order valence-corrected chi connectivity index (χ2v) is 7.06. The zero-order chi connectivity index (χ0) is 20.4. The number of amides is 1. The number of nitrogens with one attached hydrogen (secondary N) is 1. The Kier molecular flexibility index (Phi) is 5.00. The van der Waals surface area contributed by atoms with Crippen molar-refractivity contribution in [1.29, 1.82) is 0 Å². The number of carbonyl (C=O) groups excluding carboxylic acids is 1. The van der Waals surface area contributed by atoms with Gasteiger partial charge in [0.1, 0.15) is 0 Å². The normalized spacial score (nSPS) is 10.9. The van der Waals surface area contributed by atoms with Crippen LogP contribution < -0.4 is 4.90 Å². The molecule has 2 heterocycles. The van der Waals surface area contributed by atoms with Crippen molar-refractivity contribution < 1.29 is 14.1 Å². The number of anilines is 1. The van der Waals surface area contributed by atoms with E-state index in [-0.39, 0.29) is 22.6 Å². The number of hydrogen-bond donors (Lipinski definition) is 1. The summed E-state index contributed by atoms with van der Waals surface area (Å²) in [6.45, 7) is 0. The molecule has 2 aromatic heterocycles. The quantitative estimate of drug-likeness (QED) is 0.292. The molecule has 1 N–H and O–H groups in total. The molecule has 0 fully saturated rings. The van der Waals surface area contributed by atoms with Crippen LogP contribution in [0.25, 0.3) is 22.4 Å². The topological polar surface area (TPSA) is 118 Å². The number of nitro benzene ring substituents is 1. The number of non-ortho nitro benzene ring substituents is 1. The molecule has 0 spiro atoms. The molecule has 4 rings (SSSR count). The van der Waals surface area contributed by atoms with Crippen molar-refractivity contribution in [2.75, 3.05) is 17.7 Å². The van der Waals surface area contributed by atoms with E-state index in [1.165, 1.54) is 29.2 Å². The molecule has 0 atom stereocenters. The van der Waals surface area contributed by atoms with Gasteiger partial charge in [-0.05, 0) is 18.2 Å². The first-order valence-corrected chi connectivity index (χ1v) is 9.55. The molecular formula is C19H15N5O4S. The SMILES string of the molecule is CN(C(=O)CSc1nnc(-c2c[nH]c3ccccc23)o1)c1ccc([N+](=O)[O-])cc1. The lowest BCUT2D eigenvalue weighted by molar-refractivity contribution is -0.384. The lowest BCUT2D eigenvalue weighted by Gasteiger charge is -2.16. The van der Waals surface area contributed by atoms with Gasteiger partial charge in [0.15, 0.2) is 0 Å². The van der Waals surface area contributed by atoms with Gasteiger partial charge < -0.3 is 14.3 Å². The largest absolute Gasteiger partial charge is 0.411 e. The Morgan fingerprint density at radius 3 is 2.72 bits per heavy atom. The highest BCUT2D eigenvalue weighted by Crippen LogP contribution is 2.29. The fraction of sp³-hybridized carbons (Fsp3) is 0.105. The van der Waals surface area contributed by atoms with E-state index in [9.17, 15) is 14.9 Å². The van der Waals surface area contributed by atoms with Crippen LogP contribution in [0.15, 0.2) is 64.4 Å². The molecule has 0 radical (unpaired) electrons. The first kappa shape index (κ1) is 18.7. The number of para-hydroxylation sites is 1. The maximum Gasteiger partial charge on any atom is 0.277 e. The predicted molar refractivity (Wildman–Crippen MR) is 109 cm³/mol. The molecule has 10 heteroatoms. The van der Waals surface area contributed by atoms with Crippen LogP contribution in [0.3, 0.4) is 0 Å². The fourth-order valence-corrected chi connectivity index (χ4v) is 3.46. The summed E-state index contributed by atoms with van der Waals surface area (Å²) >= 11 is 1.13. The van der Waals surface area contributed by atoms with Gasteiger partial charge in [-0.3, -0.25) is 14.9 Å². The average molecular weight is 409 g/mol. The number of aromatic amines is 1. The Balaban J connectivity index is 1.41. The number of H-pyrrole nitrogens is 1. The van der Waals surface area contributed by atoms with Crippen LogP contribution in [0.4, 0.5) is 11.4 Å². The molecule has 0 aliphatic carbocycles. The van der Waals surface area contributed by atoms with Gasteiger partial charge in [-0.25, -0.2) is 0 Å². The molecule has 0 aliphatic heterocycles. The Morgan fingerprint density at radius 1 is 1.21 bits per heavy atom. The molecule has 0 saturated heterocycles. The molecular weight excluding hydrogens is 394 g/mol. The third-order valence-electron chi connectivity index (χ3n) is 4.37. The molecule has 9 nitrogen and oxygen atoms in total. The van der Waals surface area contributed by atoms with Gasteiger partial charge >= 0.3 is 0 Å². The molecule has 2 aromatic carbocycles. The third kappa shape index (κ3) is 3.83. The molecule has 1 amide bonds. The minimum atomic E-state index is -0.484. The summed E-state index contributed by atoms with van der Waals surface area (Å²) in [5.41, 5.74) is 2.30. The number of benzene rings is 2. The summed E-state index contributed by atoms with van der Waals surface area (Å²) in [4.78, 5) is 27.2. The van der Waals surface area contributed by atoms with Crippen molar-refractivity contribution in [2.24, 2.45) is 0 Å². The van der Waals surface area contributed by atoms with Crippen molar-refractivity contribution in [1.82, 2.24) is 15.2 Å². The highest BCUT2D eigenvalue weighted by atomic mass is 32.2. The maximum absolute atomic E-state index is 12.4. The van der Waals surface area contributed by atoms with E-state index in [1.807, 2.05) is 24.3 Å². The lowest BCUT2D eigenvalue weighted by Crippen LogP contribution is -2.27. The molecule has 0 bridgehead atoms. The van der Waals surface area contributed by atoms with Gasteiger partial charge in [-0.15, -0.1) is 10.2 Å². The van der Waals surface area contributed by atoms with Crippen LogP contribution in [-0.2, 0) is 4.79 Å². The molecule has 29 heavy (non-hydrogen) atoms. The average Bonchev–Trinajstić information content (AvgIpc) is 3.38. The van der Waals surface area contributed by atoms with Gasteiger partial charge in [0.2, 0.25) is 5.91 Å². The number of nitro groups is 1. The second-order valence-electron chi connectivity index (χ2n) is 6.14. The maximum atomic E-state index is 12.4. The van der Waals surface area contributed by atoms with Gasteiger partial charge in [-0.1, -0.05) is 30.0 Å². The summed E-state index contributed by atoms with van der Waals surface area (Å²) < 4.78 is 5.69. The van der Waals surface area contributed by atoms with Gasteiger partial charge in [0, 0.05) is 42.0 Å². The molecule has 0 aliphatic rings. The van der Waals surface area contributed by atoms with Crippen LogP contribution in [0, 0.1) is 10.1 Å². The van der Waals surface area contributed by atoms with E-state index in [0.29, 0.717) is 11.6 Å². The van der Waals surface area contributed by atoms with Gasteiger partial charge in [-0.2, -0.15) is 0 Å². The Hall–Kier alpha value is -3.66. The van der Waals surface area contributed by atoms with Crippen LogP contribution in [-0.4, -0.2) is 38.8 Å². The van der Waals surface area contributed by atoms with E-state index < -0.39 is 4.92 Å². The lowest BCUT2D eigenvalue weighted by atomic mass is 10.2. The monoisotopic (exact) mass is 409 g/mol. The number of nitrogens with zero attached hydrogens (tertiary/aromatic N) is 4. The highest BCUT2D eigenvalue weighted by molar-refractivity contribution is 7.99. The summed E-state index contributed by atoms with van der Waals surface area (Å²) in [6.07, 6.45) is 1.81. The number of fused-ring (bicyclic) bond motifs is 1.